The van der Waals surface area contributed by atoms with Gasteiger partial charge in [-0.1, -0.05) is 64.1 Å². The average molecular weight is 529 g/mol. The number of carbonyl (C=O) groups is 2. The third-order valence-electron chi connectivity index (χ3n) is 5.48. The molecule has 8 heteroatoms. The van der Waals surface area contributed by atoms with E-state index in [9.17, 15) is 9.59 Å². The molecule has 0 saturated carbocycles. The summed E-state index contributed by atoms with van der Waals surface area (Å²) in [6.07, 6.45) is 4.94. The van der Waals surface area contributed by atoms with Crippen molar-refractivity contribution in [3.8, 4) is 11.5 Å². The fraction of sp³-hybridized carbons (Fsp3) is 0.467. The summed E-state index contributed by atoms with van der Waals surface area (Å²) in [4.78, 5) is 23.6. The van der Waals surface area contributed by atoms with Gasteiger partial charge in [-0.2, -0.15) is 0 Å². The van der Waals surface area contributed by atoms with Crippen molar-refractivity contribution >= 4 is 22.7 Å². The van der Waals surface area contributed by atoms with Crippen molar-refractivity contribution in [2.24, 2.45) is 0 Å². The monoisotopic (exact) mass is 528 g/mol. The summed E-state index contributed by atoms with van der Waals surface area (Å²) in [5.41, 5.74) is 0. The standard InChI is InChI=1S/C30H40O8/c1-5-9-17-33-19-23(37-29(31)7-3)21-35-27-15-16-28(26-14-12-11-13-25(26)27)36-22-24(38-30(32)8-4)20-34-18-10-6-2/h7-8,11-16,23-24H,3-6,9-10,17-22H2,1-2H3. The van der Waals surface area contributed by atoms with Crippen LogP contribution in [0, 0.1) is 0 Å². The maximum atomic E-state index is 11.8. The topological polar surface area (TPSA) is 89.5 Å². The Morgan fingerprint density at radius 1 is 0.711 bits per heavy atom. The van der Waals surface area contributed by atoms with Gasteiger partial charge in [-0.05, 0) is 25.0 Å². The third-order valence-corrected chi connectivity index (χ3v) is 5.48. The summed E-state index contributed by atoms with van der Waals surface area (Å²) in [5.74, 6) is 0.158. The second-order valence-electron chi connectivity index (χ2n) is 8.61. The van der Waals surface area contributed by atoms with E-state index in [-0.39, 0.29) is 26.4 Å². The summed E-state index contributed by atoms with van der Waals surface area (Å²) in [5, 5.41) is 1.65. The second kappa shape index (κ2) is 18.0. The first-order valence-electron chi connectivity index (χ1n) is 13.1. The summed E-state index contributed by atoms with van der Waals surface area (Å²) in [7, 11) is 0. The number of esters is 2. The zero-order chi connectivity index (χ0) is 27.6. The highest BCUT2D eigenvalue weighted by atomic mass is 16.6. The van der Waals surface area contributed by atoms with Crippen LogP contribution in [0.4, 0.5) is 0 Å². The van der Waals surface area contributed by atoms with Gasteiger partial charge in [0.05, 0.1) is 13.2 Å². The first-order chi connectivity index (χ1) is 18.5. The second-order valence-corrected chi connectivity index (χ2v) is 8.61. The number of hydrogen-bond acceptors (Lipinski definition) is 8. The lowest BCUT2D eigenvalue weighted by molar-refractivity contribution is -0.148. The van der Waals surface area contributed by atoms with Gasteiger partial charge >= 0.3 is 11.9 Å². The van der Waals surface area contributed by atoms with Gasteiger partial charge in [-0.3, -0.25) is 0 Å². The number of ether oxygens (including phenoxy) is 6. The van der Waals surface area contributed by atoms with E-state index in [1.807, 2.05) is 24.3 Å². The van der Waals surface area contributed by atoms with Gasteiger partial charge in [0, 0.05) is 36.1 Å². The molecule has 2 atom stereocenters. The molecular formula is C30H40O8. The third kappa shape index (κ3) is 10.9. The zero-order valence-electron chi connectivity index (χ0n) is 22.5. The number of unbranched alkanes of at least 4 members (excludes halogenated alkanes) is 2. The Balaban J connectivity index is 2.11. The normalized spacial score (nSPS) is 12.4. The molecule has 2 rings (SSSR count). The van der Waals surface area contributed by atoms with Crippen molar-refractivity contribution in [1.29, 1.82) is 0 Å². The molecule has 0 fully saturated rings. The van der Waals surface area contributed by atoms with E-state index in [4.69, 9.17) is 28.4 Å². The van der Waals surface area contributed by atoms with Gasteiger partial charge in [0.2, 0.25) is 0 Å². The molecule has 0 spiro atoms. The number of rotatable bonds is 20. The highest BCUT2D eigenvalue weighted by Crippen LogP contribution is 2.33. The minimum atomic E-state index is -0.583. The molecule has 2 aromatic carbocycles. The molecule has 0 aliphatic heterocycles. The smallest absolute Gasteiger partial charge is 0.330 e. The fourth-order valence-electron chi connectivity index (χ4n) is 3.44. The number of hydrogen-bond donors (Lipinski definition) is 0. The number of carbonyl (C=O) groups excluding carboxylic acids is 2. The zero-order valence-corrected chi connectivity index (χ0v) is 22.5. The van der Waals surface area contributed by atoms with Crippen LogP contribution in [0.3, 0.4) is 0 Å². The van der Waals surface area contributed by atoms with Gasteiger partial charge in [0.1, 0.15) is 24.7 Å². The molecule has 2 unspecified atom stereocenters. The molecule has 0 N–H and O–H groups in total. The van der Waals surface area contributed by atoms with Crippen LogP contribution in [-0.4, -0.2) is 63.8 Å². The maximum absolute atomic E-state index is 11.8. The summed E-state index contributed by atoms with van der Waals surface area (Å²) in [6, 6.07) is 11.2. The van der Waals surface area contributed by atoms with Gasteiger partial charge < -0.3 is 28.4 Å². The fourth-order valence-corrected chi connectivity index (χ4v) is 3.44. The van der Waals surface area contributed by atoms with E-state index in [0.29, 0.717) is 24.7 Å². The van der Waals surface area contributed by atoms with Crippen molar-refractivity contribution in [3.63, 3.8) is 0 Å². The molecule has 0 bridgehead atoms. The van der Waals surface area contributed by atoms with E-state index in [1.54, 1.807) is 12.1 Å². The maximum Gasteiger partial charge on any atom is 0.330 e. The number of benzene rings is 2. The number of fused-ring (bicyclic) bond motifs is 1. The molecule has 0 aromatic heterocycles. The Kier molecular flexibility index (Phi) is 14.6. The Bertz CT molecular complexity index is 938. The van der Waals surface area contributed by atoms with Crippen molar-refractivity contribution in [1.82, 2.24) is 0 Å². The average Bonchev–Trinajstić information content (AvgIpc) is 2.94. The van der Waals surface area contributed by atoms with E-state index >= 15 is 0 Å². The molecule has 38 heavy (non-hydrogen) atoms. The molecule has 0 aliphatic carbocycles. The lowest BCUT2D eigenvalue weighted by Crippen LogP contribution is -2.30. The molecule has 0 aliphatic rings. The predicted molar refractivity (Wildman–Crippen MR) is 147 cm³/mol. The Labute approximate surface area is 225 Å². The Morgan fingerprint density at radius 2 is 1.13 bits per heavy atom. The molecule has 2 aromatic rings. The lowest BCUT2D eigenvalue weighted by atomic mass is 10.1. The van der Waals surface area contributed by atoms with E-state index in [1.165, 1.54) is 0 Å². The molecule has 8 nitrogen and oxygen atoms in total. The van der Waals surface area contributed by atoms with Crippen LogP contribution < -0.4 is 9.47 Å². The minimum Gasteiger partial charge on any atom is -0.489 e. The molecular weight excluding hydrogens is 488 g/mol. The Morgan fingerprint density at radius 3 is 1.50 bits per heavy atom. The largest absolute Gasteiger partial charge is 0.489 e. The van der Waals surface area contributed by atoms with Crippen LogP contribution >= 0.6 is 0 Å². The van der Waals surface area contributed by atoms with Gasteiger partial charge in [-0.15, -0.1) is 0 Å². The van der Waals surface area contributed by atoms with Crippen molar-refractivity contribution in [2.75, 3.05) is 39.6 Å². The van der Waals surface area contributed by atoms with Crippen LogP contribution in [0.1, 0.15) is 39.5 Å². The van der Waals surface area contributed by atoms with Crippen LogP contribution in [0.2, 0.25) is 0 Å². The molecule has 0 saturated heterocycles. The first-order valence-corrected chi connectivity index (χ1v) is 13.1. The van der Waals surface area contributed by atoms with E-state index < -0.39 is 24.1 Å². The molecule has 0 heterocycles. The summed E-state index contributed by atoms with van der Waals surface area (Å²) in [6.45, 7) is 12.9. The highest BCUT2D eigenvalue weighted by molar-refractivity contribution is 5.93. The summed E-state index contributed by atoms with van der Waals surface area (Å²) < 4.78 is 34.2. The van der Waals surface area contributed by atoms with Gasteiger partial charge in [-0.25, -0.2) is 9.59 Å². The Hall–Kier alpha value is -3.36. The van der Waals surface area contributed by atoms with E-state index in [0.717, 1.165) is 48.6 Å². The minimum absolute atomic E-state index is 0.116. The first kappa shape index (κ1) is 30.9. The van der Waals surface area contributed by atoms with Crippen LogP contribution in [0.15, 0.2) is 61.7 Å². The molecule has 208 valence electrons. The van der Waals surface area contributed by atoms with Crippen molar-refractivity contribution in [2.45, 2.75) is 51.7 Å². The van der Waals surface area contributed by atoms with Gasteiger partial charge in [0.25, 0.3) is 0 Å². The van der Waals surface area contributed by atoms with Crippen molar-refractivity contribution < 1.29 is 38.0 Å². The predicted octanol–water partition coefficient (Wildman–Crippen LogP) is 5.43. The SMILES string of the molecule is C=CC(=O)OC(COCCCC)COc1ccc(OCC(COCCCC)OC(=O)C=C)c2ccccc12. The van der Waals surface area contributed by atoms with Crippen LogP contribution in [-0.2, 0) is 28.5 Å². The lowest BCUT2D eigenvalue weighted by Gasteiger charge is -2.20. The van der Waals surface area contributed by atoms with Crippen LogP contribution in [0.25, 0.3) is 10.8 Å². The summed E-state index contributed by atoms with van der Waals surface area (Å²) >= 11 is 0. The van der Waals surface area contributed by atoms with E-state index in [2.05, 4.69) is 27.0 Å². The molecule has 0 radical (unpaired) electrons. The molecule has 0 amide bonds. The van der Waals surface area contributed by atoms with Crippen LogP contribution in [0.5, 0.6) is 11.5 Å². The van der Waals surface area contributed by atoms with Crippen molar-refractivity contribution in [3.05, 3.63) is 61.7 Å². The quantitative estimate of drug-likeness (QED) is 0.128. The highest BCUT2D eigenvalue weighted by Gasteiger charge is 2.18. The van der Waals surface area contributed by atoms with Gasteiger partial charge in [0.15, 0.2) is 12.2 Å².